The third-order valence-electron chi connectivity index (χ3n) is 3.77. The quantitative estimate of drug-likeness (QED) is 0.906. The lowest BCUT2D eigenvalue weighted by Crippen LogP contribution is -2.27. The number of piperidine rings is 1. The van der Waals surface area contributed by atoms with Crippen molar-refractivity contribution in [3.8, 4) is 11.5 Å². The fourth-order valence-electron chi connectivity index (χ4n) is 2.89. The fraction of sp³-hybridized carbons (Fsp3) is 0.571. The maximum atomic E-state index is 5.65. The Hall–Kier alpha value is -0.740. The van der Waals surface area contributed by atoms with Gasteiger partial charge in [0.15, 0.2) is 11.5 Å². The number of benzene rings is 1. The van der Waals surface area contributed by atoms with E-state index < -0.39 is 0 Å². The highest BCUT2D eigenvalue weighted by Gasteiger charge is 2.27. The molecule has 98 valence electrons. The van der Waals surface area contributed by atoms with E-state index in [2.05, 4.69) is 34.2 Å². The van der Waals surface area contributed by atoms with Crippen LogP contribution in [0.5, 0.6) is 11.5 Å². The van der Waals surface area contributed by atoms with Crippen LogP contribution in [0.2, 0.25) is 0 Å². The molecule has 1 atom stereocenters. The highest BCUT2D eigenvalue weighted by molar-refractivity contribution is 9.10. The van der Waals surface area contributed by atoms with E-state index in [1.165, 1.54) is 30.4 Å². The van der Waals surface area contributed by atoms with E-state index in [9.17, 15) is 0 Å². The van der Waals surface area contributed by atoms with Crippen molar-refractivity contribution in [3.63, 3.8) is 0 Å². The normalized spacial score (nSPS) is 22.2. The van der Waals surface area contributed by atoms with Crippen LogP contribution in [-0.2, 0) is 6.42 Å². The summed E-state index contributed by atoms with van der Waals surface area (Å²) in [6.45, 7) is 3.62. The zero-order valence-corrected chi connectivity index (χ0v) is 12.2. The Kier molecular flexibility index (Phi) is 3.48. The Morgan fingerprint density at radius 3 is 2.89 bits per heavy atom. The Morgan fingerprint density at radius 2 is 2.17 bits per heavy atom. The van der Waals surface area contributed by atoms with E-state index in [0.717, 1.165) is 28.9 Å². The molecule has 2 heterocycles. The van der Waals surface area contributed by atoms with E-state index >= 15 is 0 Å². The van der Waals surface area contributed by atoms with Gasteiger partial charge < -0.3 is 14.8 Å². The van der Waals surface area contributed by atoms with Crippen molar-refractivity contribution in [2.75, 3.05) is 13.3 Å². The molecular formula is C14H18BrNO2. The maximum Gasteiger partial charge on any atom is 0.231 e. The number of hydrogen-bond acceptors (Lipinski definition) is 3. The fourth-order valence-corrected chi connectivity index (χ4v) is 3.43. The number of nitrogens with one attached hydrogen (secondary N) is 1. The first kappa shape index (κ1) is 12.3. The summed E-state index contributed by atoms with van der Waals surface area (Å²) in [7, 11) is 0. The predicted molar refractivity (Wildman–Crippen MR) is 74.2 cm³/mol. The molecule has 0 amide bonds. The standard InChI is InChI=1S/C14H18BrNO2/c1-2-9-10(12-5-3-4-6-16-12)7-11(15)14-13(9)17-8-18-14/h7,12,16H,2-6,8H2,1H3. The SMILES string of the molecule is CCc1c(C2CCCCN2)cc(Br)c2c1OCO2. The van der Waals surface area contributed by atoms with Gasteiger partial charge in [0, 0.05) is 11.6 Å². The Balaban J connectivity index is 2.05. The molecule has 0 spiro atoms. The van der Waals surface area contributed by atoms with Crippen LogP contribution in [0.4, 0.5) is 0 Å². The lowest BCUT2D eigenvalue weighted by Gasteiger charge is -2.26. The second kappa shape index (κ2) is 5.10. The third-order valence-corrected chi connectivity index (χ3v) is 4.36. The van der Waals surface area contributed by atoms with Crippen LogP contribution in [0.15, 0.2) is 10.5 Å². The minimum absolute atomic E-state index is 0.336. The summed E-state index contributed by atoms with van der Waals surface area (Å²) in [4.78, 5) is 0. The molecule has 18 heavy (non-hydrogen) atoms. The summed E-state index contributed by atoms with van der Waals surface area (Å²) in [5, 5.41) is 3.61. The van der Waals surface area contributed by atoms with Crippen molar-refractivity contribution in [3.05, 3.63) is 21.7 Å². The Bertz CT molecular complexity index is 456. The molecule has 3 rings (SSSR count). The Morgan fingerprint density at radius 1 is 1.33 bits per heavy atom. The van der Waals surface area contributed by atoms with Crippen LogP contribution in [0.3, 0.4) is 0 Å². The van der Waals surface area contributed by atoms with Crippen molar-refractivity contribution in [1.82, 2.24) is 5.32 Å². The van der Waals surface area contributed by atoms with Gasteiger partial charge in [-0.05, 0) is 53.4 Å². The molecule has 0 saturated carbocycles. The van der Waals surface area contributed by atoms with Gasteiger partial charge in [0.05, 0.1) is 4.47 Å². The number of fused-ring (bicyclic) bond motifs is 1. The second-order valence-corrected chi connectivity index (χ2v) is 5.70. The van der Waals surface area contributed by atoms with E-state index in [0.29, 0.717) is 12.8 Å². The van der Waals surface area contributed by atoms with E-state index in [-0.39, 0.29) is 0 Å². The molecule has 0 aromatic heterocycles. The monoisotopic (exact) mass is 311 g/mol. The smallest absolute Gasteiger partial charge is 0.231 e. The molecule has 3 nitrogen and oxygen atoms in total. The van der Waals surface area contributed by atoms with Gasteiger partial charge in [0.1, 0.15) is 0 Å². The molecule has 1 unspecified atom stereocenters. The molecule has 2 aliphatic heterocycles. The summed E-state index contributed by atoms with van der Waals surface area (Å²) in [6.07, 6.45) is 4.77. The molecule has 0 aliphatic carbocycles. The topological polar surface area (TPSA) is 30.5 Å². The molecular weight excluding hydrogens is 294 g/mol. The number of halogens is 1. The largest absolute Gasteiger partial charge is 0.453 e. The van der Waals surface area contributed by atoms with Crippen molar-refractivity contribution in [2.45, 2.75) is 38.6 Å². The Labute approximate surface area is 116 Å². The summed E-state index contributed by atoms with van der Waals surface area (Å²) in [5.41, 5.74) is 2.67. The van der Waals surface area contributed by atoms with Crippen LogP contribution in [0.1, 0.15) is 43.4 Å². The first-order valence-corrected chi connectivity index (χ1v) is 7.44. The number of rotatable bonds is 2. The van der Waals surface area contributed by atoms with Gasteiger partial charge in [-0.1, -0.05) is 13.3 Å². The zero-order chi connectivity index (χ0) is 12.5. The minimum atomic E-state index is 0.336. The number of ether oxygens (including phenoxy) is 2. The van der Waals surface area contributed by atoms with E-state index in [4.69, 9.17) is 9.47 Å². The molecule has 1 aromatic carbocycles. The lowest BCUT2D eigenvalue weighted by atomic mass is 9.92. The molecule has 1 aromatic rings. The molecule has 4 heteroatoms. The minimum Gasteiger partial charge on any atom is -0.453 e. The highest BCUT2D eigenvalue weighted by Crippen LogP contribution is 2.46. The maximum absolute atomic E-state index is 5.65. The van der Waals surface area contributed by atoms with Gasteiger partial charge in [0.25, 0.3) is 0 Å². The first-order valence-electron chi connectivity index (χ1n) is 6.65. The average Bonchev–Trinajstić information content (AvgIpc) is 2.89. The average molecular weight is 312 g/mol. The van der Waals surface area contributed by atoms with Gasteiger partial charge in [-0.15, -0.1) is 0 Å². The molecule has 0 bridgehead atoms. The summed E-state index contributed by atoms with van der Waals surface area (Å²) in [6, 6.07) is 2.66. The zero-order valence-electron chi connectivity index (χ0n) is 10.6. The molecule has 1 fully saturated rings. The summed E-state index contributed by atoms with van der Waals surface area (Å²) in [5.74, 6) is 1.81. The predicted octanol–water partition coefficient (Wildman–Crippen LogP) is 3.55. The molecule has 0 radical (unpaired) electrons. The van der Waals surface area contributed by atoms with Crippen molar-refractivity contribution >= 4 is 15.9 Å². The van der Waals surface area contributed by atoms with Crippen LogP contribution in [-0.4, -0.2) is 13.3 Å². The highest BCUT2D eigenvalue weighted by atomic mass is 79.9. The van der Waals surface area contributed by atoms with Gasteiger partial charge >= 0.3 is 0 Å². The molecule has 1 N–H and O–H groups in total. The lowest BCUT2D eigenvalue weighted by molar-refractivity contribution is 0.172. The first-order chi connectivity index (χ1) is 8.81. The van der Waals surface area contributed by atoms with Crippen LogP contribution >= 0.6 is 15.9 Å². The van der Waals surface area contributed by atoms with Gasteiger partial charge in [-0.25, -0.2) is 0 Å². The van der Waals surface area contributed by atoms with E-state index in [1.807, 2.05) is 0 Å². The molecule has 2 aliphatic rings. The van der Waals surface area contributed by atoms with Gasteiger partial charge in [-0.2, -0.15) is 0 Å². The van der Waals surface area contributed by atoms with Crippen molar-refractivity contribution < 1.29 is 9.47 Å². The van der Waals surface area contributed by atoms with E-state index in [1.54, 1.807) is 0 Å². The van der Waals surface area contributed by atoms with Crippen molar-refractivity contribution in [1.29, 1.82) is 0 Å². The summed E-state index contributed by atoms with van der Waals surface area (Å²) >= 11 is 3.60. The van der Waals surface area contributed by atoms with Crippen LogP contribution in [0.25, 0.3) is 0 Å². The van der Waals surface area contributed by atoms with Crippen molar-refractivity contribution in [2.24, 2.45) is 0 Å². The third kappa shape index (κ3) is 2.01. The molecule has 1 saturated heterocycles. The number of hydrogen-bond donors (Lipinski definition) is 1. The summed E-state index contributed by atoms with van der Waals surface area (Å²) < 4.78 is 12.2. The van der Waals surface area contributed by atoms with Crippen LogP contribution < -0.4 is 14.8 Å². The second-order valence-electron chi connectivity index (χ2n) is 4.85. The van der Waals surface area contributed by atoms with Gasteiger partial charge in [0.2, 0.25) is 6.79 Å². The van der Waals surface area contributed by atoms with Gasteiger partial charge in [-0.3, -0.25) is 0 Å². The van der Waals surface area contributed by atoms with Crippen LogP contribution in [0, 0.1) is 0 Å².